The predicted octanol–water partition coefficient (Wildman–Crippen LogP) is 3.17. The Hall–Kier alpha value is -0.860. The van der Waals surface area contributed by atoms with Crippen LogP contribution in [0.15, 0.2) is 0 Å². The van der Waals surface area contributed by atoms with E-state index in [1.54, 1.807) is 0 Å². The molecule has 0 amide bonds. The van der Waals surface area contributed by atoms with E-state index in [1.165, 1.54) is 12.8 Å². The lowest BCUT2D eigenvalue weighted by molar-refractivity contribution is -0.153. The largest absolute Gasteiger partial charge is 0.480 e. The van der Waals surface area contributed by atoms with Crippen molar-refractivity contribution in [2.45, 2.75) is 64.7 Å². The summed E-state index contributed by atoms with van der Waals surface area (Å²) in [6.07, 6.45) is 7.77. The normalized spacial score (nSPS) is 24.9. The van der Waals surface area contributed by atoms with Gasteiger partial charge >= 0.3 is 5.97 Å². The monoisotopic (exact) mass is 226 g/mol. The fourth-order valence-corrected chi connectivity index (χ4v) is 2.56. The van der Waals surface area contributed by atoms with Gasteiger partial charge in [-0.25, -0.2) is 0 Å². The smallest absolute Gasteiger partial charge is 0.317 e. The van der Waals surface area contributed by atoms with Crippen LogP contribution in [0, 0.1) is 5.41 Å². The van der Waals surface area contributed by atoms with Crippen molar-refractivity contribution in [3.63, 3.8) is 0 Å². The number of aliphatic carboxylic acids is 1. The van der Waals surface area contributed by atoms with E-state index in [2.05, 4.69) is 6.92 Å². The van der Waals surface area contributed by atoms with Crippen LogP contribution in [0.1, 0.15) is 64.7 Å². The SMILES string of the molecule is CCCCCCCC1(C(=O)O)CCCC1=O. The van der Waals surface area contributed by atoms with Gasteiger partial charge in [0.25, 0.3) is 0 Å². The van der Waals surface area contributed by atoms with Gasteiger partial charge in [-0.3, -0.25) is 9.59 Å². The van der Waals surface area contributed by atoms with Crippen LogP contribution in [0.5, 0.6) is 0 Å². The Balaban J connectivity index is 2.41. The molecule has 1 aliphatic rings. The molecule has 92 valence electrons. The molecule has 0 heterocycles. The van der Waals surface area contributed by atoms with Gasteiger partial charge in [0, 0.05) is 6.42 Å². The summed E-state index contributed by atoms with van der Waals surface area (Å²) in [5, 5.41) is 9.22. The number of hydrogen-bond acceptors (Lipinski definition) is 2. The van der Waals surface area contributed by atoms with Crippen LogP contribution in [0.2, 0.25) is 0 Å². The quantitative estimate of drug-likeness (QED) is 0.536. The number of Topliss-reactive ketones (excluding diaryl/α,β-unsaturated/α-hetero) is 1. The number of carboxylic acids is 1. The van der Waals surface area contributed by atoms with E-state index in [0.717, 1.165) is 25.7 Å². The molecule has 1 saturated carbocycles. The third-order valence-electron chi connectivity index (χ3n) is 3.66. The summed E-state index contributed by atoms with van der Waals surface area (Å²) >= 11 is 0. The van der Waals surface area contributed by atoms with Crippen LogP contribution < -0.4 is 0 Å². The Morgan fingerprint density at radius 1 is 1.31 bits per heavy atom. The van der Waals surface area contributed by atoms with Crippen LogP contribution in [-0.4, -0.2) is 16.9 Å². The zero-order valence-electron chi connectivity index (χ0n) is 10.1. The van der Waals surface area contributed by atoms with E-state index >= 15 is 0 Å². The van der Waals surface area contributed by atoms with Gasteiger partial charge in [0.05, 0.1) is 0 Å². The van der Waals surface area contributed by atoms with Crippen molar-refractivity contribution in [1.82, 2.24) is 0 Å². The summed E-state index contributed by atoms with van der Waals surface area (Å²) in [4.78, 5) is 22.9. The maximum atomic E-state index is 11.7. The molecular weight excluding hydrogens is 204 g/mol. The molecule has 16 heavy (non-hydrogen) atoms. The van der Waals surface area contributed by atoms with Gasteiger partial charge in [0.15, 0.2) is 0 Å². The van der Waals surface area contributed by atoms with Crippen molar-refractivity contribution in [2.24, 2.45) is 5.41 Å². The Labute approximate surface area is 97.2 Å². The molecule has 1 unspecified atom stereocenters. The minimum Gasteiger partial charge on any atom is -0.480 e. The predicted molar refractivity (Wildman–Crippen MR) is 62.3 cm³/mol. The van der Waals surface area contributed by atoms with Gasteiger partial charge in [-0.2, -0.15) is 0 Å². The van der Waals surface area contributed by atoms with E-state index < -0.39 is 11.4 Å². The Morgan fingerprint density at radius 2 is 2.00 bits per heavy atom. The Kier molecular flexibility index (Phi) is 4.97. The zero-order valence-corrected chi connectivity index (χ0v) is 10.1. The highest BCUT2D eigenvalue weighted by atomic mass is 16.4. The molecule has 1 aliphatic carbocycles. The highest BCUT2D eigenvalue weighted by molar-refractivity contribution is 6.04. The maximum absolute atomic E-state index is 11.7. The molecule has 3 nitrogen and oxygen atoms in total. The number of carboxylic acid groups (broad SMARTS) is 1. The fraction of sp³-hybridized carbons (Fsp3) is 0.846. The van der Waals surface area contributed by atoms with E-state index in [1.807, 2.05) is 0 Å². The number of carbonyl (C=O) groups is 2. The lowest BCUT2D eigenvalue weighted by Crippen LogP contribution is -2.35. The minimum absolute atomic E-state index is 0.0458. The number of unbranched alkanes of at least 4 members (excludes halogenated alkanes) is 4. The van der Waals surface area contributed by atoms with E-state index in [4.69, 9.17) is 0 Å². The molecule has 3 heteroatoms. The maximum Gasteiger partial charge on any atom is 0.317 e. The summed E-state index contributed by atoms with van der Waals surface area (Å²) in [5.41, 5.74) is -1.02. The molecule has 0 radical (unpaired) electrons. The standard InChI is InChI=1S/C13H22O3/c1-2-3-4-5-6-9-13(12(15)16)10-7-8-11(13)14/h2-10H2,1H3,(H,15,16). The zero-order chi connectivity index (χ0) is 12.0. The lowest BCUT2D eigenvalue weighted by atomic mass is 9.80. The highest BCUT2D eigenvalue weighted by Crippen LogP contribution is 2.39. The summed E-state index contributed by atoms with van der Waals surface area (Å²) in [7, 11) is 0. The minimum atomic E-state index is -1.02. The van der Waals surface area contributed by atoms with Crippen molar-refractivity contribution < 1.29 is 14.7 Å². The van der Waals surface area contributed by atoms with Crippen molar-refractivity contribution in [3.05, 3.63) is 0 Å². The summed E-state index contributed by atoms with van der Waals surface area (Å²) < 4.78 is 0. The number of rotatable bonds is 7. The molecule has 0 saturated heterocycles. The Morgan fingerprint density at radius 3 is 2.50 bits per heavy atom. The molecule has 1 atom stereocenters. The van der Waals surface area contributed by atoms with Crippen LogP contribution in [-0.2, 0) is 9.59 Å². The summed E-state index contributed by atoms with van der Waals surface area (Å²) in [6, 6.07) is 0. The second-order valence-corrected chi connectivity index (χ2v) is 4.83. The first-order chi connectivity index (χ1) is 7.63. The van der Waals surface area contributed by atoms with Crippen molar-refractivity contribution >= 4 is 11.8 Å². The molecule has 0 bridgehead atoms. The second kappa shape index (κ2) is 6.02. The fourth-order valence-electron chi connectivity index (χ4n) is 2.56. The molecule has 0 spiro atoms. The lowest BCUT2D eigenvalue weighted by Gasteiger charge is -2.21. The van der Waals surface area contributed by atoms with E-state index in [0.29, 0.717) is 19.3 Å². The van der Waals surface area contributed by atoms with Gasteiger partial charge in [-0.05, 0) is 19.3 Å². The van der Waals surface area contributed by atoms with Crippen molar-refractivity contribution in [2.75, 3.05) is 0 Å². The van der Waals surface area contributed by atoms with Gasteiger partial charge in [-0.1, -0.05) is 39.0 Å². The average Bonchev–Trinajstić information content (AvgIpc) is 2.61. The van der Waals surface area contributed by atoms with Crippen molar-refractivity contribution in [3.8, 4) is 0 Å². The third-order valence-corrected chi connectivity index (χ3v) is 3.66. The van der Waals surface area contributed by atoms with E-state index in [-0.39, 0.29) is 5.78 Å². The van der Waals surface area contributed by atoms with Crippen LogP contribution in [0.4, 0.5) is 0 Å². The summed E-state index contributed by atoms with van der Waals surface area (Å²) in [6.45, 7) is 2.15. The molecular formula is C13H22O3. The number of hydrogen-bond donors (Lipinski definition) is 1. The molecule has 0 aromatic carbocycles. The molecule has 1 fully saturated rings. The van der Waals surface area contributed by atoms with Gasteiger partial charge < -0.3 is 5.11 Å². The molecule has 0 aromatic heterocycles. The van der Waals surface area contributed by atoms with Gasteiger partial charge in [-0.15, -0.1) is 0 Å². The number of ketones is 1. The topological polar surface area (TPSA) is 54.4 Å². The average molecular weight is 226 g/mol. The van der Waals surface area contributed by atoms with Crippen molar-refractivity contribution in [1.29, 1.82) is 0 Å². The molecule has 0 aliphatic heterocycles. The summed E-state index contributed by atoms with van der Waals surface area (Å²) in [5.74, 6) is -0.944. The highest BCUT2D eigenvalue weighted by Gasteiger charge is 2.47. The van der Waals surface area contributed by atoms with Crippen LogP contribution >= 0.6 is 0 Å². The van der Waals surface area contributed by atoms with E-state index in [9.17, 15) is 14.7 Å². The molecule has 1 N–H and O–H groups in total. The van der Waals surface area contributed by atoms with Gasteiger partial charge in [0.1, 0.15) is 11.2 Å². The molecule has 0 aromatic rings. The first-order valence-electron chi connectivity index (χ1n) is 6.40. The Bertz CT molecular complexity index is 260. The van der Waals surface area contributed by atoms with Crippen LogP contribution in [0.25, 0.3) is 0 Å². The first-order valence-corrected chi connectivity index (χ1v) is 6.40. The third kappa shape index (κ3) is 2.83. The second-order valence-electron chi connectivity index (χ2n) is 4.83. The van der Waals surface area contributed by atoms with Crippen LogP contribution in [0.3, 0.4) is 0 Å². The number of carbonyl (C=O) groups excluding carboxylic acids is 1. The molecule has 1 rings (SSSR count). The van der Waals surface area contributed by atoms with Gasteiger partial charge in [0.2, 0.25) is 0 Å². The first kappa shape index (κ1) is 13.2.